The van der Waals surface area contributed by atoms with Crippen molar-refractivity contribution in [1.29, 1.82) is 5.26 Å². The SMILES string of the molecule is Cc1cc(C)nc(-n2nc(C)c(C#N)c2NC(=O)Nc2ccc(Cl)cc2)n1. The number of anilines is 2. The minimum atomic E-state index is -0.528. The largest absolute Gasteiger partial charge is 0.324 e. The topological polar surface area (TPSA) is 109 Å². The molecule has 0 bridgehead atoms. The Morgan fingerprint density at radius 3 is 2.33 bits per heavy atom. The zero-order valence-corrected chi connectivity index (χ0v) is 15.7. The number of carbonyl (C=O) groups excluding carboxylic acids is 1. The van der Waals surface area contributed by atoms with Crippen LogP contribution in [-0.2, 0) is 0 Å². The zero-order valence-electron chi connectivity index (χ0n) is 14.9. The molecule has 0 radical (unpaired) electrons. The van der Waals surface area contributed by atoms with E-state index in [1.807, 2.05) is 19.9 Å². The van der Waals surface area contributed by atoms with E-state index >= 15 is 0 Å². The van der Waals surface area contributed by atoms with Crippen molar-refractivity contribution < 1.29 is 4.79 Å². The van der Waals surface area contributed by atoms with Crippen LogP contribution in [0.15, 0.2) is 30.3 Å². The predicted octanol–water partition coefficient (Wildman–Crippen LogP) is 3.76. The van der Waals surface area contributed by atoms with Gasteiger partial charge in [0.15, 0.2) is 5.82 Å². The number of benzene rings is 1. The van der Waals surface area contributed by atoms with Crippen molar-refractivity contribution >= 4 is 29.1 Å². The third kappa shape index (κ3) is 4.04. The molecule has 3 rings (SSSR count). The average molecular weight is 382 g/mol. The second-order valence-electron chi connectivity index (χ2n) is 5.87. The first-order valence-corrected chi connectivity index (χ1v) is 8.41. The standard InChI is InChI=1S/C18H16ClN7O/c1-10-8-11(2)22-17(21-10)26-16(15(9-20)12(3)25-26)24-18(27)23-14-6-4-13(19)5-7-14/h4-8H,1-3H3,(H2,23,24,27). The fourth-order valence-corrected chi connectivity index (χ4v) is 2.65. The third-order valence-corrected chi connectivity index (χ3v) is 3.92. The van der Waals surface area contributed by atoms with Gasteiger partial charge in [-0.05, 0) is 51.1 Å². The van der Waals surface area contributed by atoms with Crippen LogP contribution in [0.4, 0.5) is 16.3 Å². The summed E-state index contributed by atoms with van der Waals surface area (Å²) < 4.78 is 1.36. The lowest BCUT2D eigenvalue weighted by Gasteiger charge is -2.10. The van der Waals surface area contributed by atoms with Crippen LogP contribution >= 0.6 is 11.6 Å². The molecule has 0 saturated carbocycles. The summed E-state index contributed by atoms with van der Waals surface area (Å²) in [4.78, 5) is 21.1. The highest BCUT2D eigenvalue weighted by molar-refractivity contribution is 6.30. The molecule has 2 heterocycles. The van der Waals surface area contributed by atoms with Gasteiger partial charge in [-0.15, -0.1) is 0 Å². The quantitative estimate of drug-likeness (QED) is 0.718. The predicted molar refractivity (Wildman–Crippen MR) is 102 cm³/mol. The molecular weight excluding hydrogens is 366 g/mol. The Hall–Kier alpha value is -3.44. The maximum atomic E-state index is 12.4. The molecule has 3 aromatic rings. The van der Waals surface area contributed by atoms with Crippen molar-refractivity contribution in [3.63, 3.8) is 0 Å². The van der Waals surface area contributed by atoms with E-state index in [2.05, 4.69) is 31.8 Å². The summed E-state index contributed by atoms with van der Waals surface area (Å²) in [6.45, 7) is 5.35. The number of rotatable bonds is 3. The number of aryl methyl sites for hydroxylation is 3. The van der Waals surface area contributed by atoms with Crippen molar-refractivity contribution in [3.8, 4) is 12.0 Å². The van der Waals surface area contributed by atoms with E-state index < -0.39 is 6.03 Å². The molecule has 0 fully saturated rings. The maximum absolute atomic E-state index is 12.4. The van der Waals surface area contributed by atoms with Crippen LogP contribution in [0.3, 0.4) is 0 Å². The molecule has 27 heavy (non-hydrogen) atoms. The zero-order chi connectivity index (χ0) is 19.6. The number of nitrogens with one attached hydrogen (secondary N) is 2. The fraction of sp³-hybridized carbons (Fsp3) is 0.167. The Balaban J connectivity index is 1.95. The summed E-state index contributed by atoms with van der Waals surface area (Å²) in [6, 6.07) is 10.0. The van der Waals surface area contributed by atoms with Gasteiger partial charge in [-0.3, -0.25) is 5.32 Å². The van der Waals surface area contributed by atoms with Crippen LogP contribution < -0.4 is 10.6 Å². The molecule has 2 N–H and O–H groups in total. The lowest BCUT2D eigenvalue weighted by molar-refractivity contribution is 0.262. The molecule has 0 spiro atoms. The van der Waals surface area contributed by atoms with E-state index in [9.17, 15) is 10.1 Å². The lowest BCUT2D eigenvalue weighted by atomic mass is 10.2. The molecule has 0 aliphatic carbocycles. The Morgan fingerprint density at radius 2 is 1.74 bits per heavy atom. The third-order valence-electron chi connectivity index (χ3n) is 3.67. The second-order valence-corrected chi connectivity index (χ2v) is 6.31. The van der Waals surface area contributed by atoms with E-state index in [0.717, 1.165) is 11.4 Å². The van der Waals surface area contributed by atoms with Gasteiger partial charge in [-0.25, -0.2) is 14.8 Å². The monoisotopic (exact) mass is 381 g/mol. The number of nitriles is 1. The van der Waals surface area contributed by atoms with Crippen LogP contribution in [0.2, 0.25) is 5.02 Å². The smallest absolute Gasteiger partial charge is 0.308 e. The highest BCUT2D eigenvalue weighted by Crippen LogP contribution is 2.22. The van der Waals surface area contributed by atoms with Gasteiger partial charge in [0.05, 0.1) is 5.69 Å². The van der Waals surface area contributed by atoms with E-state index in [4.69, 9.17) is 11.6 Å². The molecule has 136 valence electrons. The van der Waals surface area contributed by atoms with Crippen LogP contribution in [0.1, 0.15) is 22.6 Å². The molecule has 0 saturated heterocycles. The van der Waals surface area contributed by atoms with E-state index in [-0.39, 0.29) is 17.3 Å². The minimum Gasteiger partial charge on any atom is -0.308 e. The number of halogens is 1. The molecular formula is C18H16ClN7O. The van der Waals surface area contributed by atoms with Gasteiger partial charge in [-0.1, -0.05) is 11.6 Å². The number of nitrogens with zero attached hydrogens (tertiary/aromatic N) is 5. The number of hydrogen-bond acceptors (Lipinski definition) is 5. The van der Waals surface area contributed by atoms with Gasteiger partial charge in [0.1, 0.15) is 11.6 Å². The summed E-state index contributed by atoms with van der Waals surface area (Å²) in [5, 5.41) is 19.7. The molecule has 2 aromatic heterocycles. The highest BCUT2D eigenvalue weighted by atomic mass is 35.5. The summed E-state index contributed by atoms with van der Waals surface area (Å²) in [5.74, 6) is 0.477. The molecule has 9 heteroatoms. The van der Waals surface area contributed by atoms with Crippen LogP contribution in [0.25, 0.3) is 5.95 Å². The number of urea groups is 1. The molecule has 2 amide bonds. The van der Waals surface area contributed by atoms with Crippen LogP contribution in [0, 0.1) is 32.1 Å². The van der Waals surface area contributed by atoms with Gasteiger partial charge < -0.3 is 5.32 Å². The molecule has 0 atom stereocenters. The molecule has 1 aromatic carbocycles. The average Bonchev–Trinajstić information content (AvgIpc) is 2.91. The Morgan fingerprint density at radius 1 is 1.11 bits per heavy atom. The molecule has 0 aliphatic heterocycles. The first-order chi connectivity index (χ1) is 12.9. The second kappa shape index (κ2) is 7.43. The number of hydrogen-bond donors (Lipinski definition) is 2. The van der Waals surface area contributed by atoms with Gasteiger partial charge in [0.2, 0.25) is 0 Å². The molecule has 0 unspecified atom stereocenters. The number of aromatic nitrogens is 4. The summed E-state index contributed by atoms with van der Waals surface area (Å²) in [6.07, 6.45) is 0. The first kappa shape index (κ1) is 18.4. The Kier molecular flexibility index (Phi) is 5.05. The van der Waals surface area contributed by atoms with E-state index in [1.165, 1.54) is 4.68 Å². The minimum absolute atomic E-state index is 0.200. The molecule has 8 nitrogen and oxygen atoms in total. The summed E-state index contributed by atoms with van der Waals surface area (Å²) in [7, 11) is 0. The summed E-state index contributed by atoms with van der Waals surface area (Å²) in [5.41, 5.74) is 2.76. The van der Waals surface area contributed by atoms with Gasteiger partial charge >= 0.3 is 6.03 Å². The van der Waals surface area contributed by atoms with Crippen LogP contribution in [-0.4, -0.2) is 25.8 Å². The lowest BCUT2D eigenvalue weighted by Crippen LogP contribution is -2.22. The fourth-order valence-electron chi connectivity index (χ4n) is 2.53. The summed E-state index contributed by atoms with van der Waals surface area (Å²) >= 11 is 5.84. The van der Waals surface area contributed by atoms with Crippen molar-refractivity contribution in [1.82, 2.24) is 19.7 Å². The van der Waals surface area contributed by atoms with Crippen molar-refractivity contribution in [2.75, 3.05) is 10.6 Å². The van der Waals surface area contributed by atoms with Gasteiger partial charge in [0.25, 0.3) is 5.95 Å². The van der Waals surface area contributed by atoms with Crippen molar-refractivity contribution in [3.05, 3.63) is 58.0 Å². The Bertz CT molecular complexity index is 1030. The van der Waals surface area contributed by atoms with E-state index in [1.54, 1.807) is 31.2 Å². The van der Waals surface area contributed by atoms with Crippen molar-refractivity contribution in [2.24, 2.45) is 0 Å². The maximum Gasteiger partial charge on any atom is 0.324 e. The molecule has 0 aliphatic rings. The normalized spacial score (nSPS) is 10.3. The number of carbonyl (C=O) groups is 1. The van der Waals surface area contributed by atoms with Gasteiger partial charge in [-0.2, -0.15) is 15.0 Å². The van der Waals surface area contributed by atoms with Crippen LogP contribution in [0.5, 0.6) is 0 Å². The first-order valence-electron chi connectivity index (χ1n) is 8.03. The number of amides is 2. The van der Waals surface area contributed by atoms with Crippen molar-refractivity contribution in [2.45, 2.75) is 20.8 Å². The highest BCUT2D eigenvalue weighted by Gasteiger charge is 2.20. The van der Waals surface area contributed by atoms with E-state index in [0.29, 0.717) is 16.4 Å². The Labute approximate surface area is 160 Å². The van der Waals surface area contributed by atoms with Gasteiger partial charge in [0, 0.05) is 22.1 Å².